The quantitative estimate of drug-likeness (QED) is 0.203. The van der Waals surface area contributed by atoms with Gasteiger partial charge in [0.1, 0.15) is 11.5 Å². The molecule has 2 heterocycles. The Kier molecular flexibility index (Phi) is 4.44. The molecule has 0 saturated carbocycles. The Labute approximate surface area is 225 Å². The normalized spacial score (nSPS) is 14.5. The van der Waals surface area contributed by atoms with Crippen LogP contribution in [0.25, 0.3) is 21.5 Å². The summed E-state index contributed by atoms with van der Waals surface area (Å²) >= 11 is 6.54. The van der Waals surface area contributed by atoms with Crippen molar-refractivity contribution in [1.29, 1.82) is 0 Å². The Morgan fingerprint density at radius 3 is 1.81 bits per heavy atom. The molecule has 0 bridgehead atoms. The van der Waals surface area contributed by atoms with Gasteiger partial charge in [-0.15, -0.1) is 12.6 Å². The van der Waals surface area contributed by atoms with Crippen LogP contribution in [0.2, 0.25) is 0 Å². The van der Waals surface area contributed by atoms with Crippen LogP contribution in [-0.4, -0.2) is 0 Å². The van der Waals surface area contributed by atoms with E-state index in [1.165, 1.54) is 59.2 Å². The topological polar surface area (TPSA) is 9.23 Å². The Morgan fingerprint density at radius 1 is 0.595 bits per heavy atom. The number of benzene rings is 6. The number of fused-ring (bicyclic) bond motifs is 12. The molecule has 0 N–H and O–H groups in total. The van der Waals surface area contributed by atoms with Crippen LogP contribution in [0.1, 0.15) is 27.8 Å². The largest absolute Gasteiger partial charge is 0.457 e. The molecule has 1 nitrogen and oxygen atoms in total. The highest BCUT2D eigenvalue weighted by Gasteiger charge is 2.50. The van der Waals surface area contributed by atoms with Crippen LogP contribution in [0.4, 0.5) is 0 Å². The lowest BCUT2D eigenvalue weighted by Crippen LogP contribution is -2.36. The van der Waals surface area contributed by atoms with Gasteiger partial charge in [0.2, 0.25) is 0 Å². The second kappa shape index (κ2) is 7.67. The maximum Gasteiger partial charge on any atom is 0.132 e. The van der Waals surface area contributed by atoms with Crippen LogP contribution in [-0.2, 0) is 5.41 Å². The molecule has 3 heteroatoms. The summed E-state index contributed by atoms with van der Waals surface area (Å²) in [6, 6.07) is 39.7. The van der Waals surface area contributed by atoms with E-state index in [4.69, 9.17) is 4.74 Å². The predicted octanol–water partition coefficient (Wildman–Crippen LogP) is 9.54. The van der Waals surface area contributed by atoms with Crippen LogP contribution in [0.5, 0.6) is 11.5 Å². The minimum Gasteiger partial charge on any atom is -0.457 e. The van der Waals surface area contributed by atoms with E-state index in [0.29, 0.717) is 0 Å². The number of para-hydroxylation sites is 2. The average molecular weight is 511 g/mol. The van der Waals surface area contributed by atoms with Crippen molar-refractivity contribution >= 4 is 45.9 Å². The zero-order chi connectivity index (χ0) is 24.7. The third-order valence-electron chi connectivity index (χ3n) is 7.89. The summed E-state index contributed by atoms with van der Waals surface area (Å²) in [6.07, 6.45) is 0. The molecule has 2 aliphatic rings. The van der Waals surface area contributed by atoms with Gasteiger partial charge in [0.15, 0.2) is 0 Å². The fraction of sp³-hybridized carbons (Fsp3) is 0.0588. The predicted molar refractivity (Wildman–Crippen MR) is 156 cm³/mol. The van der Waals surface area contributed by atoms with Crippen LogP contribution < -0.4 is 4.74 Å². The molecule has 6 aromatic carbocycles. The molecule has 0 saturated heterocycles. The summed E-state index contributed by atoms with van der Waals surface area (Å²) in [4.78, 5) is 3.60. The molecule has 0 unspecified atom stereocenters. The molecule has 0 atom stereocenters. The zero-order valence-corrected chi connectivity index (χ0v) is 21.9. The van der Waals surface area contributed by atoms with Gasteiger partial charge in [-0.05, 0) is 63.9 Å². The number of hydrogen-bond acceptors (Lipinski definition) is 3. The Balaban J connectivity index is 1.61. The molecule has 2 aliphatic heterocycles. The number of hydrogen-bond donors (Lipinski definition) is 1. The minimum absolute atomic E-state index is 0.492. The molecule has 0 aromatic heterocycles. The second-order valence-corrected chi connectivity index (χ2v) is 11.5. The van der Waals surface area contributed by atoms with E-state index >= 15 is 0 Å². The van der Waals surface area contributed by atoms with E-state index in [1.807, 2.05) is 11.8 Å². The lowest BCUT2D eigenvalue weighted by molar-refractivity contribution is 0.431. The smallest absolute Gasteiger partial charge is 0.132 e. The van der Waals surface area contributed by atoms with Gasteiger partial charge in [-0.25, -0.2) is 0 Å². The van der Waals surface area contributed by atoms with E-state index in [0.717, 1.165) is 16.4 Å². The molecule has 37 heavy (non-hydrogen) atoms. The Bertz CT molecular complexity index is 1780. The van der Waals surface area contributed by atoms with Crippen LogP contribution in [0.15, 0.2) is 124 Å². The minimum atomic E-state index is -0.492. The SMILES string of the molecule is Cc1ccc2c3c(ccc2c1)C1(c2ccccc2Oc2ccccc21)c1ccc2cc(S)ccc2c1S3. The molecule has 0 radical (unpaired) electrons. The van der Waals surface area contributed by atoms with E-state index < -0.39 is 5.41 Å². The third-order valence-corrected chi connectivity index (χ3v) is 9.46. The van der Waals surface area contributed by atoms with Crippen molar-refractivity contribution in [3.05, 3.63) is 137 Å². The Morgan fingerprint density at radius 2 is 1.16 bits per heavy atom. The summed E-state index contributed by atoms with van der Waals surface area (Å²) in [5.41, 5.74) is 5.78. The zero-order valence-electron chi connectivity index (χ0n) is 20.2. The van der Waals surface area contributed by atoms with Crippen molar-refractivity contribution in [3.63, 3.8) is 0 Å². The number of rotatable bonds is 0. The van der Waals surface area contributed by atoms with Crippen LogP contribution >= 0.6 is 24.4 Å². The van der Waals surface area contributed by atoms with Gasteiger partial charge in [-0.1, -0.05) is 102 Å². The molecule has 0 fully saturated rings. The van der Waals surface area contributed by atoms with Crippen molar-refractivity contribution in [2.75, 3.05) is 0 Å². The van der Waals surface area contributed by atoms with Gasteiger partial charge in [-0.2, -0.15) is 0 Å². The van der Waals surface area contributed by atoms with E-state index in [-0.39, 0.29) is 0 Å². The van der Waals surface area contributed by atoms with Crippen molar-refractivity contribution in [2.45, 2.75) is 27.0 Å². The number of aryl methyl sites for hydroxylation is 1. The summed E-state index contributed by atoms with van der Waals surface area (Å²) in [6.45, 7) is 2.16. The fourth-order valence-corrected chi connectivity index (χ4v) is 8.01. The lowest BCUT2D eigenvalue weighted by Gasteiger charge is -2.45. The van der Waals surface area contributed by atoms with Gasteiger partial charge in [-0.3, -0.25) is 0 Å². The summed E-state index contributed by atoms with van der Waals surface area (Å²) in [5, 5.41) is 5.04. The first-order chi connectivity index (χ1) is 18.1. The fourth-order valence-electron chi connectivity index (χ4n) is 6.34. The molecule has 1 spiro atoms. The highest BCUT2D eigenvalue weighted by Crippen LogP contribution is 2.63. The molecule has 0 aliphatic carbocycles. The van der Waals surface area contributed by atoms with Crippen LogP contribution in [0, 0.1) is 6.92 Å². The highest BCUT2D eigenvalue weighted by molar-refractivity contribution is 8.00. The summed E-state index contributed by atoms with van der Waals surface area (Å²) < 4.78 is 6.52. The first-order valence-electron chi connectivity index (χ1n) is 12.5. The maximum absolute atomic E-state index is 6.52. The summed E-state index contributed by atoms with van der Waals surface area (Å²) in [5.74, 6) is 1.83. The van der Waals surface area contributed by atoms with Gasteiger partial charge < -0.3 is 4.74 Å². The summed E-state index contributed by atoms with van der Waals surface area (Å²) in [7, 11) is 0. The number of ether oxygens (including phenoxy) is 1. The highest BCUT2D eigenvalue weighted by atomic mass is 32.2. The molecule has 0 amide bonds. The van der Waals surface area contributed by atoms with Gasteiger partial charge in [0, 0.05) is 25.8 Å². The third kappa shape index (κ3) is 2.84. The maximum atomic E-state index is 6.52. The van der Waals surface area contributed by atoms with E-state index in [9.17, 15) is 0 Å². The van der Waals surface area contributed by atoms with Crippen molar-refractivity contribution in [1.82, 2.24) is 0 Å². The lowest BCUT2D eigenvalue weighted by atomic mass is 9.63. The van der Waals surface area contributed by atoms with Gasteiger partial charge in [0.25, 0.3) is 0 Å². The first-order valence-corrected chi connectivity index (χ1v) is 13.8. The second-order valence-electron chi connectivity index (χ2n) is 9.96. The monoisotopic (exact) mass is 510 g/mol. The van der Waals surface area contributed by atoms with E-state index in [2.05, 4.69) is 129 Å². The average Bonchev–Trinajstić information content (AvgIpc) is 2.92. The van der Waals surface area contributed by atoms with E-state index in [1.54, 1.807) is 0 Å². The van der Waals surface area contributed by atoms with Crippen molar-refractivity contribution < 1.29 is 4.74 Å². The molecule has 8 rings (SSSR count). The van der Waals surface area contributed by atoms with Crippen LogP contribution in [0.3, 0.4) is 0 Å². The van der Waals surface area contributed by atoms with Crippen molar-refractivity contribution in [2.24, 2.45) is 0 Å². The molecular weight excluding hydrogens is 489 g/mol. The van der Waals surface area contributed by atoms with Gasteiger partial charge >= 0.3 is 0 Å². The first kappa shape index (κ1) is 21.4. The van der Waals surface area contributed by atoms with Crippen molar-refractivity contribution in [3.8, 4) is 11.5 Å². The molecular formula is C34H22OS2. The standard InChI is InChI=1S/C34H22OS2/c1-20-10-14-24-21(18-20)11-16-28-32(24)37-33-25-15-13-23(36)19-22(25)12-17-29(33)34(28)26-6-2-4-8-30(26)35-31-9-5-3-7-27(31)34/h2-19,36H,1H3. The molecule has 176 valence electrons. The number of thiol groups is 1. The molecule has 6 aromatic rings. The van der Waals surface area contributed by atoms with Gasteiger partial charge in [0.05, 0.1) is 5.41 Å². The Hall–Kier alpha value is -3.66.